The summed E-state index contributed by atoms with van der Waals surface area (Å²) in [5, 5.41) is 0.254. The lowest BCUT2D eigenvalue weighted by atomic mass is 9.86. The number of halogens is 1. The molecule has 1 aliphatic carbocycles. The molecule has 0 spiro atoms. The zero-order valence-electron chi connectivity index (χ0n) is 12.1. The molecule has 1 aliphatic rings. The van der Waals surface area contributed by atoms with Crippen LogP contribution >= 0.6 is 11.6 Å². The summed E-state index contributed by atoms with van der Waals surface area (Å²) in [6, 6.07) is 0.497. The lowest BCUT2D eigenvalue weighted by Crippen LogP contribution is -2.37. The van der Waals surface area contributed by atoms with E-state index in [1.165, 1.54) is 25.7 Å². The molecule has 1 heterocycles. The Labute approximate surface area is 120 Å². The second kappa shape index (κ2) is 5.90. The first-order chi connectivity index (χ1) is 8.97. The fourth-order valence-electron chi connectivity index (χ4n) is 2.60. The number of hydrogen-bond donors (Lipinski definition) is 0. The SMILES string of the molecule is CC1CCCC(N(C)c2nc(Cl)nc(N(C)C)n2)C1. The molecule has 2 rings (SSSR count). The summed E-state index contributed by atoms with van der Waals surface area (Å²) in [4.78, 5) is 16.8. The molecule has 0 saturated heterocycles. The minimum absolute atomic E-state index is 0.254. The molecule has 2 unspecified atom stereocenters. The van der Waals surface area contributed by atoms with E-state index in [0.29, 0.717) is 17.9 Å². The molecule has 2 atom stereocenters. The summed E-state index contributed by atoms with van der Waals surface area (Å²) in [5.74, 6) is 2.04. The van der Waals surface area contributed by atoms with Crippen LogP contribution in [0.1, 0.15) is 32.6 Å². The number of aromatic nitrogens is 3. The average Bonchev–Trinajstić information content (AvgIpc) is 2.37. The fraction of sp³-hybridized carbons (Fsp3) is 0.769. The summed E-state index contributed by atoms with van der Waals surface area (Å²) in [6.07, 6.45) is 4.99. The number of anilines is 2. The van der Waals surface area contributed by atoms with Crippen LogP contribution in [0.5, 0.6) is 0 Å². The van der Waals surface area contributed by atoms with Crippen molar-refractivity contribution in [1.82, 2.24) is 15.0 Å². The van der Waals surface area contributed by atoms with Crippen molar-refractivity contribution < 1.29 is 0 Å². The van der Waals surface area contributed by atoms with Gasteiger partial charge in [-0.3, -0.25) is 0 Å². The summed E-state index contributed by atoms with van der Waals surface area (Å²) >= 11 is 5.99. The lowest BCUT2D eigenvalue weighted by molar-refractivity contribution is 0.334. The normalized spacial score (nSPS) is 23.2. The summed E-state index contributed by atoms with van der Waals surface area (Å²) in [5.41, 5.74) is 0. The largest absolute Gasteiger partial charge is 0.347 e. The monoisotopic (exact) mass is 283 g/mol. The predicted molar refractivity (Wildman–Crippen MR) is 79.0 cm³/mol. The molecule has 5 nitrogen and oxygen atoms in total. The Kier molecular flexibility index (Phi) is 4.45. The van der Waals surface area contributed by atoms with Crippen molar-refractivity contribution >= 4 is 23.5 Å². The van der Waals surface area contributed by atoms with Crippen molar-refractivity contribution in [3.8, 4) is 0 Å². The highest BCUT2D eigenvalue weighted by Gasteiger charge is 2.24. The molecule has 0 aromatic carbocycles. The Bertz CT molecular complexity index is 437. The van der Waals surface area contributed by atoms with Gasteiger partial charge < -0.3 is 9.80 Å². The number of rotatable bonds is 3. The highest BCUT2D eigenvalue weighted by molar-refractivity contribution is 6.28. The molecular weight excluding hydrogens is 262 g/mol. The molecule has 1 aromatic heterocycles. The van der Waals surface area contributed by atoms with Gasteiger partial charge in [-0.25, -0.2) is 0 Å². The van der Waals surface area contributed by atoms with Gasteiger partial charge in [-0.1, -0.05) is 19.8 Å². The standard InChI is InChI=1S/C13H22ClN5/c1-9-6-5-7-10(8-9)19(4)13-16-11(14)15-12(17-13)18(2)3/h9-10H,5-8H2,1-4H3. The molecule has 0 aliphatic heterocycles. The summed E-state index contributed by atoms with van der Waals surface area (Å²) in [6.45, 7) is 2.31. The molecular formula is C13H22ClN5. The molecule has 0 N–H and O–H groups in total. The number of nitrogens with zero attached hydrogens (tertiary/aromatic N) is 5. The topological polar surface area (TPSA) is 45.2 Å². The third-order valence-electron chi connectivity index (χ3n) is 3.76. The Morgan fingerprint density at radius 1 is 1.05 bits per heavy atom. The third-order valence-corrected chi connectivity index (χ3v) is 3.93. The second-order valence-electron chi connectivity index (χ2n) is 5.64. The zero-order valence-corrected chi connectivity index (χ0v) is 12.9. The van der Waals surface area contributed by atoms with Crippen molar-refractivity contribution in [1.29, 1.82) is 0 Å². The Morgan fingerprint density at radius 2 is 1.74 bits per heavy atom. The van der Waals surface area contributed by atoms with Gasteiger partial charge in [-0.05, 0) is 30.4 Å². The van der Waals surface area contributed by atoms with Gasteiger partial charge in [0.25, 0.3) is 0 Å². The quantitative estimate of drug-likeness (QED) is 0.853. The van der Waals surface area contributed by atoms with Crippen LogP contribution in [-0.2, 0) is 0 Å². The fourth-order valence-corrected chi connectivity index (χ4v) is 2.76. The second-order valence-corrected chi connectivity index (χ2v) is 5.97. The van der Waals surface area contributed by atoms with E-state index in [4.69, 9.17) is 11.6 Å². The lowest BCUT2D eigenvalue weighted by Gasteiger charge is -2.34. The minimum Gasteiger partial charge on any atom is -0.347 e. The van der Waals surface area contributed by atoms with E-state index < -0.39 is 0 Å². The Hall–Kier alpha value is -1.10. The van der Waals surface area contributed by atoms with Crippen LogP contribution in [0.3, 0.4) is 0 Å². The third kappa shape index (κ3) is 3.47. The van der Waals surface area contributed by atoms with Crippen molar-refractivity contribution in [3.05, 3.63) is 5.28 Å². The van der Waals surface area contributed by atoms with Crippen molar-refractivity contribution in [2.45, 2.75) is 38.6 Å². The van der Waals surface area contributed by atoms with Gasteiger partial charge in [0.2, 0.25) is 17.2 Å². The molecule has 1 saturated carbocycles. The minimum atomic E-state index is 0.254. The van der Waals surface area contributed by atoms with Crippen LogP contribution in [0.25, 0.3) is 0 Å². The van der Waals surface area contributed by atoms with Gasteiger partial charge >= 0.3 is 0 Å². The smallest absolute Gasteiger partial charge is 0.231 e. The molecule has 6 heteroatoms. The highest BCUT2D eigenvalue weighted by Crippen LogP contribution is 2.28. The Morgan fingerprint density at radius 3 is 2.37 bits per heavy atom. The van der Waals surface area contributed by atoms with Gasteiger partial charge in [0, 0.05) is 27.2 Å². The van der Waals surface area contributed by atoms with Crippen LogP contribution in [0.2, 0.25) is 5.28 Å². The molecule has 1 aromatic rings. The van der Waals surface area contributed by atoms with Crippen LogP contribution in [0.15, 0.2) is 0 Å². The van der Waals surface area contributed by atoms with Crippen LogP contribution in [0, 0.1) is 5.92 Å². The van der Waals surface area contributed by atoms with E-state index in [-0.39, 0.29) is 5.28 Å². The van der Waals surface area contributed by atoms with E-state index >= 15 is 0 Å². The van der Waals surface area contributed by atoms with E-state index in [0.717, 1.165) is 5.92 Å². The highest BCUT2D eigenvalue weighted by atomic mass is 35.5. The predicted octanol–water partition coefficient (Wildman–Crippen LogP) is 2.61. The first kappa shape index (κ1) is 14.3. The Balaban J connectivity index is 2.20. The van der Waals surface area contributed by atoms with E-state index in [9.17, 15) is 0 Å². The molecule has 0 amide bonds. The van der Waals surface area contributed by atoms with Crippen molar-refractivity contribution in [3.63, 3.8) is 0 Å². The van der Waals surface area contributed by atoms with E-state index in [2.05, 4.69) is 26.8 Å². The zero-order chi connectivity index (χ0) is 14.0. The van der Waals surface area contributed by atoms with E-state index in [1.807, 2.05) is 26.0 Å². The van der Waals surface area contributed by atoms with Crippen LogP contribution < -0.4 is 9.80 Å². The average molecular weight is 284 g/mol. The molecule has 0 bridgehead atoms. The van der Waals surface area contributed by atoms with E-state index in [1.54, 1.807) is 0 Å². The van der Waals surface area contributed by atoms with Gasteiger partial charge in [0.05, 0.1) is 0 Å². The molecule has 19 heavy (non-hydrogen) atoms. The van der Waals surface area contributed by atoms with Gasteiger partial charge in [0.15, 0.2) is 0 Å². The van der Waals surface area contributed by atoms with Crippen molar-refractivity contribution in [2.75, 3.05) is 30.9 Å². The van der Waals surface area contributed by atoms with Crippen LogP contribution in [0.4, 0.5) is 11.9 Å². The molecule has 106 valence electrons. The first-order valence-electron chi connectivity index (χ1n) is 6.79. The molecule has 1 fully saturated rings. The first-order valence-corrected chi connectivity index (χ1v) is 7.17. The summed E-state index contributed by atoms with van der Waals surface area (Å²) < 4.78 is 0. The maximum absolute atomic E-state index is 5.99. The van der Waals surface area contributed by atoms with Crippen LogP contribution in [-0.4, -0.2) is 42.1 Å². The number of hydrogen-bond acceptors (Lipinski definition) is 5. The van der Waals surface area contributed by atoms with Gasteiger partial charge in [-0.15, -0.1) is 0 Å². The van der Waals surface area contributed by atoms with Gasteiger partial charge in [-0.2, -0.15) is 15.0 Å². The van der Waals surface area contributed by atoms with Crippen molar-refractivity contribution in [2.24, 2.45) is 5.92 Å². The maximum Gasteiger partial charge on any atom is 0.231 e. The molecule has 0 radical (unpaired) electrons. The summed E-state index contributed by atoms with van der Waals surface area (Å²) in [7, 11) is 5.85. The van der Waals surface area contributed by atoms with Gasteiger partial charge in [0.1, 0.15) is 0 Å². The maximum atomic E-state index is 5.99.